The minimum Gasteiger partial charge on any atom is -0.508 e. The summed E-state index contributed by atoms with van der Waals surface area (Å²) in [5.74, 6) is 0.706. The Kier molecular flexibility index (Phi) is 5.16. The van der Waals surface area contributed by atoms with E-state index in [2.05, 4.69) is 13.8 Å². The van der Waals surface area contributed by atoms with Gasteiger partial charge in [-0.25, -0.2) is 0 Å². The van der Waals surface area contributed by atoms with Crippen LogP contribution in [0.15, 0.2) is 35.1 Å². The van der Waals surface area contributed by atoms with Crippen molar-refractivity contribution in [1.29, 1.82) is 0 Å². The summed E-state index contributed by atoms with van der Waals surface area (Å²) in [5.41, 5.74) is 2.41. The number of fused-ring (bicyclic) bond motifs is 1. The summed E-state index contributed by atoms with van der Waals surface area (Å²) in [6, 6.07) is 8.82. The minimum atomic E-state index is -0.260. The zero-order valence-corrected chi connectivity index (χ0v) is 15.5. The molecule has 1 aliphatic heterocycles. The van der Waals surface area contributed by atoms with Crippen LogP contribution < -0.4 is 10.3 Å². The van der Waals surface area contributed by atoms with E-state index in [4.69, 9.17) is 4.74 Å². The molecular weight excluding hydrogens is 330 g/mol. The maximum absolute atomic E-state index is 13.1. The third-order valence-corrected chi connectivity index (χ3v) is 4.87. The van der Waals surface area contributed by atoms with Crippen LogP contribution in [0.1, 0.15) is 49.4 Å². The van der Waals surface area contributed by atoms with Crippen molar-refractivity contribution in [3.63, 3.8) is 0 Å². The van der Waals surface area contributed by atoms with Crippen molar-refractivity contribution < 1.29 is 14.6 Å². The molecular formula is C21H25NO4. The van der Waals surface area contributed by atoms with Gasteiger partial charge in [-0.05, 0) is 43.4 Å². The zero-order chi connectivity index (χ0) is 18.8. The molecule has 0 unspecified atom stereocenters. The molecule has 26 heavy (non-hydrogen) atoms. The molecule has 0 radical (unpaired) electrons. The number of rotatable bonds is 5. The highest BCUT2D eigenvalue weighted by Gasteiger charge is 2.31. The van der Waals surface area contributed by atoms with Crippen molar-refractivity contribution in [3.8, 4) is 11.5 Å². The van der Waals surface area contributed by atoms with Crippen molar-refractivity contribution in [2.45, 2.75) is 52.5 Å². The number of carbonyl (C=O) groups is 1. The number of nitrogens with zero attached hydrogens (tertiary/aromatic N) is 1. The summed E-state index contributed by atoms with van der Waals surface area (Å²) in [6.45, 7) is 6.60. The molecule has 5 nitrogen and oxygen atoms in total. The van der Waals surface area contributed by atoms with E-state index in [0.717, 1.165) is 17.7 Å². The maximum Gasteiger partial charge on any atom is 0.311 e. The number of phenolic OH excluding ortho intramolecular Hbond substituents is 1. The second-order valence-corrected chi connectivity index (χ2v) is 7.44. The fourth-order valence-electron chi connectivity index (χ4n) is 3.64. The summed E-state index contributed by atoms with van der Waals surface area (Å²) in [6.07, 6.45) is 1.74. The third-order valence-electron chi connectivity index (χ3n) is 4.87. The van der Waals surface area contributed by atoms with E-state index in [-0.39, 0.29) is 29.6 Å². The Hall–Kier alpha value is -2.56. The molecule has 0 saturated carbocycles. The molecule has 2 heterocycles. The zero-order valence-electron chi connectivity index (χ0n) is 15.5. The number of pyridine rings is 1. The van der Waals surface area contributed by atoms with Gasteiger partial charge < -0.3 is 14.4 Å². The van der Waals surface area contributed by atoms with Crippen LogP contribution >= 0.6 is 0 Å². The van der Waals surface area contributed by atoms with Gasteiger partial charge in [0, 0.05) is 24.2 Å². The van der Waals surface area contributed by atoms with E-state index in [0.29, 0.717) is 30.2 Å². The van der Waals surface area contributed by atoms with Gasteiger partial charge in [0.15, 0.2) is 0 Å². The quantitative estimate of drug-likeness (QED) is 0.833. The van der Waals surface area contributed by atoms with Crippen LogP contribution in [0, 0.1) is 12.8 Å². The van der Waals surface area contributed by atoms with Gasteiger partial charge in [0.2, 0.25) is 0 Å². The lowest BCUT2D eigenvalue weighted by atomic mass is 9.86. The van der Waals surface area contributed by atoms with Gasteiger partial charge in [-0.1, -0.05) is 26.0 Å². The average Bonchev–Trinajstić information content (AvgIpc) is 2.55. The van der Waals surface area contributed by atoms with Crippen LogP contribution in [-0.4, -0.2) is 15.6 Å². The van der Waals surface area contributed by atoms with Crippen molar-refractivity contribution in [1.82, 2.24) is 4.57 Å². The number of hydrogen-bond acceptors (Lipinski definition) is 4. The van der Waals surface area contributed by atoms with Crippen LogP contribution in [0.25, 0.3) is 0 Å². The van der Waals surface area contributed by atoms with Crippen LogP contribution in [-0.2, 0) is 17.8 Å². The van der Waals surface area contributed by atoms with Crippen LogP contribution in [0.4, 0.5) is 0 Å². The molecule has 0 fully saturated rings. The smallest absolute Gasteiger partial charge is 0.311 e. The number of benzene rings is 1. The van der Waals surface area contributed by atoms with Gasteiger partial charge in [0.1, 0.15) is 11.5 Å². The largest absolute Gasteiger partial charge is 0.508 e. The molecule has 1 aromatic heterocycles. The van der Waals surface area contributed by atoms with Crippen LogP contribution in [0.2, 0.25) is 0 Å². The van der Waals surface area contributed by atoms with E-state index >= 15 is 0 Å². The SMILES string of the molecule is Cc1cc2c(c(=O)n1CCc1ccc(O)cc1)[C@@H](CC(C)C)CC(=O)O2. The molecule has 1 N–H and O–H groups in total. The average molecular weight is 355 g/mol. The van der Waals surface area contributed by atoms with Crippen molar-refractivity contribution in [2.75, 3.05) is 0 Å². The van der Waals surface area contributed by atoms with Gasteiger partial charge in [0.25, 0.3) is 5.56 Å². The monoisotopic (exact) mass is 355 g/mol. The van der Waals surface area contributed by atoms with E-state index in [1.165, 1.54) is 0 Å². The van der Waals surface area contributed by atoms with Gasteiger partial charge in [-0.3, -0.25) is 9.59 Å². The third kappa shape index (κ3) is 3.82. The molecule has 0 bridgehead atoms. The lowest BCUT2D eigenvalue weighted by Gasteiger charge is -2.26. The van der Waals surface area contributed by atoms with Crippen molar-refractivity contribution >= 4 is 5.97 Å². The van der Waals surface area contributed by atoms with E-state index < -0.39 is 0 Å². The van der Waals surface area contributed by atoms with E-state index in [9.17, 15) is 14.7 Å². The first-order valence-electron chi connectivity index (χ1n) is 9.08. The summed E-state index contributed by atoms with van der Waals surface area (Å²) in [4.78, 5) is 25.1. The minimum absolute atomic E-state index is 0.0584. The van der Waals surface area contributed by atoms with E-state index in [1.807, 2.05) is 19.1 Å². The normalized spacial score (nSPS) is 16.5. The number of aryl methyl sites for hydroxylation is 2. The first kappa shape index (κ1) is 18.2. The molecule has 5 heteroatoms. The number of hydrogen-bond donors (Lipinski definition) is 1. The molecule has 2 aromatic rings. The molecule has 0 saturated heterocycles. The molecule has 0 aliphatic carbocycles. The Labute approximate surface area is 153 Å². The lowest BCUT2D eigenvalue weighted by Crippen LogP contribution is -2.33. The number of esters is 1. The fraction of sp³-hybridized carbons (Fsp3) is 0.429. The predicted octanol–water partition coefficient (Wildman–Crippen LogP) is 3.54. The Bertz CT molecular complexity index is 865. The van der Waals surface area contributed by atoms with Crippen molar-refractivity contribution in [2.24, 2.45) is 5.92 Å². The number of phenols is 1. The Balaban J connectivity index is 1.93. The molecule has 0 amide bonds. The highest BCUT2D eigenvalue weighted by molar-refractivity contribution is 5.76. The highest BCUT2D eigenvalue weighted by Crippen LogP contribution is 2.36. The Morgan fingerprint density at radius 3 is 2.58 bits per heavy atom. The molecule has 1 aliphatic rings. The van der Waals surface area contributed by atoms with Crippen LogP contribution in [0.3, 0.4) is 0 Å². The number of carbonyl (C=O) groups excluding carboxylic acids is 1. The van der Waals surface area contributed by atoms with Crippen LogP contribution in [0.5, 0.6) is 11.5 Å². The lowest BCUT2D eigenvalue weighted by molar-refractivity contribution is -0.136. The van der Waals surface area contributed by atoms with Gasteiger partial charge in [-0.15, -0.1) is 0 Å². The van der Waals surface area contributed by atoms with Gasteiger partial charge in [-0.2, -0.15) is 0 Å². The van der Waals surface area contributed by atoms with E-state index in [1.54, 1.807) is 22.8 Å². The highest BCUT2D eigenvalue weighted by atomic mass is 16.5. The fourth-order valence-corrected chi connectivity index (χ4v) is 3.64. The molecule has 138 valence electrons. The van der Waals surface area contributed by atoms with Gasteiger partial charge >= 0.3 is 5.97 Å². The molecule has 3 rings (SSSR count). The maximum atomic E-state index is 13.1. The van der Waals surface area contributed by atoms with Gasteiger partial charge in [0.05, 0.1) is 12.0 Å². The van der Waals surface area contributed by atoms with Crippen molar-refractivity contribution in [3.05, 3.63) is 57.5 Å². The topological polar surface area (TPSA) is 68.5 Å². The standard InChI is InChI=1S/C21H25NO4/c1-13(2)10-16-12-19(24)26-18-11-14(3)22(21(25)20(16)18)9-8-15-4-6-17(23)7-5-15/h4-7,11,13,16,23H,8-10,12H2,1-3H3/t16-/m0/s1. The number of aromatic hydroxyl groups is 1. The summed E-state index contributed by atoms with van der Waals surface area (Å²) in [5, 5.41) is 9.39. The summed E-state index contributed by atoms with van der Waals surface area (Å²) >= 11 is 0. The summed E-state index contributed by atoms with van der Waals surface area (Å²) < 4.78 is 7.12. The first-order chi connectivity index (χ1) is 12.3. The Morgan fingerprint density at radius 2 is 1.92 bits per heavy atom. The summed E-state index contributed by atoms with van der Waals surface area (Å²) in [7, 11) is 0. The Morgan fingerprint density at radius 1 is 1.23 bits per heavy atom. The number of aromatic nitrogens is 1. The molecule has 1 aromatic carbocycles. The first-order valence-corrected chi connectivity index (χ1v) is 9.08. The molecule has 1 atom stereocenters. The number of ether oxygens (including phenoxy) is 1. The molecule has 0 spiro atoms. The second-order valence-electron chi connectivity index (χ2n) is 7.44. The predicted molar refractivity (Wildman–Crippen MR) is 99.7 cm³/mol. The second kappa shape index (κ2) is 7.36.